The standard InChI is InChI=1S/C20H16N2O5/c1-2-27-20(24)19(15-9-7-13(12-23)11-18(15)22(25)26)17-10-8-14-5-3-4-6-16(14)21-17/h3-12,19H,2H2,1H3. The van der Waals surface area contributed by atoms with Crippen LogP contribution in [0.4, 0.5) is 5.69 Å². The van der Waals surface area contributed by atoms with Crippen molar-refractivity contribution in [3.8, 4) is 0 Å². The molecule has 0 aliphatic rings. The molecule has 3 rings (SSSR count). The molecule has 0 N–H and O–H groups in total. The van der Waals surface area contributed by atoms with E-state index in [0.717, 1.165) is 11.5 Å². The highest BCUT2D eigenvalue weighted by molar-refractivity contribution is 5.86. The van der Waals surface area contributed by atoms with Gasteiger partial charge in [-0.25, -0.2) is 0 Å². The number of aromatic nitrogens is 1. The maximum atomic E-state index is 12.7. The number of nitrogens with zero attached hydrogens (tertiary/aromatic N) is 2. The van der Waals surface area contributed by atoms with Crippen LogP contribution in [0.5, 0.6) is 0 Å². The Morgan fingerprint density at radius 2 is 2.00 bits per heavy atom. The molecule has 0 radical (unpaired) electrons. The summed E-state index contributed by atoms with van der Waals surface area (Å²) < 4.78 is 5.15. The molecule has 7 heteroatoms. The number of fused-ring (bicyclic) bond motifs is 1. The van der Waals surface area contributed by atoms with Gasteiger partial charge in [-0.15, -0.1) is 0 Å². The SMILES string of the molecule is CCOC(=O)C(c1ccc2ccccc2n1)c1ccc(C=O)cc1[N+](=O)[O-]. The lowest BCUT2D eigenvalue weighted by atomic mass is 9.92. The van der Waals surface area contributed by atoms with Gasteiger partial charge in [-0.3, -0.25) is 24.7 Å². The van der Waals surface area contributed by atoms with E-state index < -0.39 is 16.8 Å². The van der Waals surface area contributed by atoms with Crippen LogP contribution in [0.3, 0.4) is 0 Å². The molecular weight excluding hydrogens is 348 g/mol. The topological polar surface area (TPSA) is 99.4 Å². The summed E-state index contributed by atoms with van der Waals surface area (Å²) in [5, 5.41) is 12.4. The number of nitro benzene ring substituents is 1. The molecule has 0 amide bonds. The molecule has 1 heterocycles. The Balaban J connectivity index is 2.21. The largest absolute Gasteiger partial charge is 0.465 e. The highest BCUT2D eigenvalue weighted by Gasteiger charge is 2.32. The molecule has 0 aliphatic carbocycles. The van der Waals surface area contributed by atoms with E-state index in [1.54, 1.807) is 25.1 Å². The van der Waals surface area contributed by atoms with Crippen molar-refractivity contribution in [2.75, 3.05) is 6.61 Å². The molecule has 136 valence electrons. The molecule has 7 nitrogen and oxygen atoms in total. The molecule has 0 spiro atoms. The van der Waals surface area contributed by atoms with Crippen LogP contribution in [0, 0.1) is 10.1 Å². The number of aldehydes is 1. The van der Waals surface area contributed by atoms with Crippen molar-refractivity contribution in [2.24, 2.45) is 0 Å². The number of esters is 1. The number of nitro groups is 1. The molecule has 0 aliphatic heterocycles. The van der Waals surface area contributed by atoms with E-state index in [0.29, 0.717) is 17.5 Å². The minimum absolute atomic E-state index is 0.128. The first-order valence-electron chi connectivity index (χ1n) is 8.31. The number of rotatable bonds is 6. The second-order valence-corrected chi connectivity index (χ2v) is 5.81. The van der Waals surface area contributed by atoms with E-state index in [4.69, 9.17) is 4.74 Å². The van der Waals surface area contributed by atoms with E-state index >= 15 is 0 Å². The summed E-state index contributed by atoms with van der Waals surface area (Å²) in [6, 6.07) is 14.8. The van der Waals surface area contributed by atoms with Gasteiger partial charge in [0.2, 0.25) is 0 Å². The summed E-state index contributed by atoms with van der Waals surface area (Å²) >= 11 is 0. The van der Waals surface area contributed by atoms with Crippen molar-refractivity contribution in [1.82, 2.24) is 4.98 Å². The minimum Gasteiger partial charge on any atom is -0.465 e. The van der Waals surface area contributed by atoms with Crippen LogP contribution in [0.2, 0.25) is 0 Å². The molecule has 0 bridgehead atoms. The molecule has 2 aromatic carbocycles. The van der Waals surface area contributed by atoms with Crippen LogP contribution >= 0.6 is 0 Å². The first-order chi connectivity index (χ1) is 13.0. The van der Waals surface area contributed by atoms with Crippen LogP contribution in [0.25, 0.3) is 10.9 Å². The fourth-order valence-corrected chi connectivity index (χ4v) is 2.91. The van der Waals surface area contributed by atoms with Crippen molar-refractivity contribution in [3.63, 3.8) is 0 Å². The van der Waals surface area contributed by atoms with E-state index in [9.17, 15) is 19.7 Å². The second-order valence-electron chi connectivity index (χ2n) is 5.81. The van der Waals surface area contributed by atoms with Gasteiger partial charge in [-0.2, -0.15) is 0 Å². The number of carbonyl (C=O) groups excluding carboxylic acids is 2. The molecule has 3 aromatic rings. The zero-order valence-corrected chi connectivity index (χ0v) is 14.5. The number of hydrogen-bond acceptors (Lipinski definition) is 6. The number of hydrogen-bond donors (Lipinski definition) is 0. The van der Waals surface area contributed by atoms with Crippen LogP contribution in [-0.2, 0) is 9.53 Å². The predicted molar refractivity (Wildman–Crippen MR) is 98.7 cm³/mol. The molecule has 1 unspecified atom stereocenters. The first-order valence-corrected chi connectivity index (χ1v) is 8.31. The fraction of sp³-hybridized carbons (Fsp3) is 0.150. The number of para-hydroxylation sites is 1. The van der Waals surface area contributed by atoms with Gasteiger partial charge in [0.15, 0.2) is 0 Å². The lowest BCUT2D eigenvalue weighted by molar-refractivity contribution is -0.385. The summed E-state index contributed by atoms with van der Waals surface area (Å²) in [6.45, 7) is 1.79. The van der Waals surface area contributed by atoms with E-state index in [1.807, 2.05) is 18.2 Å². The maximum Gasteiger partial charge on any atom is 0.319 e. The highest BCUT2D eigenvalue weighted by atomic mass is 16.6. The maximum absolute atomic E-state index is 12.7. The van der Waals surface area contributed by atoms with Gasteiger partial charge in [0.25, 0.3) is 5.69 Å². The van der Waals surface area contributed by atoms with Gasteiger partial charge in [0.1, 0.15) is 12.2 Å². The van der Waals surface area contributed by atoms with Gasteiger partial charge in [-0.05, 0) is 19.1 Å². The number of benzene rings is 2. The first kappa shape index (κ1) is 18.2. The Morgan fingerprint density at radius 3 is 2.70 bits per heavy atom. The van der Waals surface area contributed by atoms with E-state index in [2.05, 4.69) is 4.98 Å². The van der Waals surface area contributed by atoms with Gasteiger partial charge in [0, 0.05) is 17.0 Å². The van der Waals surface area contributed by atoms with Crippen molar-refractivity contribution in [1.29, 1.82) is 0 Å². The zero-order chi connectivity index (χ0) is 19.4. The Morgan fingerprint density at radius 1 is 1.22 bits per heavy atom. The Bertz CT molecular complexity index is 1030. The van der Waals surface area contributed by atoms with Crippen molar-refractivity contribution >= 4 is 28.8 Å². The normalized spacial score (nSPS) is 11.7. The summed E-state index contributed by atoms with van der Waals surface area (Å²) in [4.78, 5) is 39.1. The smallest absolute Gasteiger partial charge is 0.319 e. The summed E-state index contributed by atoms with van der Waals surface area (Å²) in [7, 11) is 0. The summed E-state index contributed by atoms with van der Waals surface area (Å²) in [5.41, 5.74) is 0.963. The predicted octanol–water partition coefficient (Wildman–Crippen LogP) is 3.65. The average molecular weight is 364 g/mol. The molecule has 0 saturated heterocycles. The average Bonchev–Trinajstić information content (AvgIpc) is 2.68. The molecule has 1 aromatic heterocycles. The monoisotopic (exact) mass is 364 g/mol. The lowest BCUT2D eigenvalue weighted by Crippen LogP contribution is -2.19. The van der Waals surface area contributed by atoms with Gasteiger partial charge < -0.3 is 4.74 Å². The Labute approximate surface area is 154 Å². The van der Waals surface area contributed by atoms with Crippen molar-refractivity contribution < 1.29 is 19.2 Å². The van der Waals surface area contributed by atoms with Crippen LogP contribution in [0.15, 0.2) is 54.6 Å². The van der Waals surface area contributed by atoms with Crippen LogP contribution in [-0.4, -0.2) is 28.8 Å². The minimum atomic E-state index is -1.07. The third kappa shape index (κ3) is 3.67. The number of ether oxygens (including phenoxy) is 1. The molecular formula is C20H16N2O5. The second kappa shape index (κ2) is 7.74. The zero-order valence-electron chi connectivity index (χ0n) is 14.5. The number of carbonyl (C=O) groups is 2. The summed E-state index contributed by atoms with van der Waals surface area (Å²) in [5.74, 6) is -1.71. The van der Waals surface area contributed by atoms with E-state index in [-0.39, 0.29) is 23.4 Å². The molecule has 27 heavy (non-hydrogen) atoms. The Kier molecular flexibility index (Phi) is 5.21. The fourth-order valence-electron chi connectivity index (χ4n) is 2.91. The highest BCUT2D eigenvalue weighted by Crippen LogP contribution is 2.33. The van der Waals surface area contributed by atoms with Crippen molar-refractivity contribution in [3.05, 3.63) is 81.5 Å². The van der Waals surface area contributed by atoms with E-state index in [1.165, 1.54) is 12.1 Å². The van der Waals surface area contributed by atoms with Crippen LogP contribution < -0.4 is 0 Å². The molecule has 1 atom stereocenters. The lowest BCUT2D eigenvalue weighted by Gasteiger charge is -2.16. The molecule has 0 saturated carbocycles. The third-order valence-corrected chi connectivity index (χ3v) is 4.14. The summed E-state index contributed by atoms with van der Waals surface area (Å²) in [6.07, 6.45) is 0.518. The van der Waals surface area contributed by atoms with Crippen LogP contribution in [0.1, 0.15) is 34.5 Å². The van der Waals surface area contributed by atoms with Gasteiger partial charge in [-0.1, -0.05) is 36.4 Å². The third-order valence-electron chi connectivity index (χ3n) is 4.14. The Hall–Kier alpha value is -3.61. The van der Waals surface area contributed by atoms with Crippen molar-refractivity contribution in [2.45, 2.75) is 12.8 Å². The number of pyridine rings is 1. The quantitative estimate of drug-likeness (QED) is 0.286. The molecule has 0 fully saturated rings. The van der Waals surface area contributed by atoms with Gasteiger partial charge >= 0.3 is 5.97 Å². The van der Waals surface area contributed by atoms with Gasteiger partial charge in [0.05, 0.1) is 28.3 Å².